The molecular formula is C21H23N3O3. The summed E-state index contributed by atoms with van der Waals surface area (Å²) in [7, 11) is 0. The van der Waals surface area contributed by atoms with Crippen molar-refractivity contribution >= 4 is 17.2 Å². The van der Waals surface area contributed by atoms with Crippen molar-refractivity contribution in [3.63, 3.8) is 0 Å². The van der Waals surface area contributed by atoms with Gasteiger partial charge in [0.1, 0.15) is 22.9 Å². The van der Waals surface area contributed by atoms with E-state index in [4.69, 9.17) is 4.74 Å². The highest BCUT2D eigenvalue weighted by Crippen LogP contribution is 2.19. The summed E-state index contributed by atoms with van der Waals surface area (Å²) in [4.78, 5) is 27.6. The van der Waals surface area contributed by atoms with Gasteiger partial charge in [0.05, 0.1) is 6.61 Å². The van der Waals surface area contributed by atoms with Crippen LogP contribution in [0.1, 0.15) is 25.7 Å². The smallest absolute Gasteiger partial charge is 0.253 e. The van der Waals surface area contributed by atoms with E-state index in [0.717, 1.165) is 31.4 Å². The normalized spacial score (nSPS) is 10.7. The van der Waals surface area contributed by atoms with Crippen LogP contribution < -0.4 is 26.2 Å². The van der Waals surface area contributed by atoms with E-state index in [1.807, 2.05) is 36.4 Å². The zero-order valence-electron chi connectivity index (χ0n) is 15.1. The second-order valence-electron chi connectivity index (χ2n) is 6.25. The summed E-state index contributed by atoms with van der Waals surface area (Å²) in [5.74, 6) is 1.44. The van der Waals surface area contributed by atoms with Crippen LogP contribution in [0.2, 0.25) is 0 Å². The summed E-state index contributed by atoms with van der Waals surface area (Å²) in [6.07, 6.45) is 5.63. The summed E-state index contributed by atoms with van der Waals surface area (Å²) in [5, 5.41) is 5.99. The van der Waals surface area contributed by atoms with Crippen LogP contribution in [0, 0.1) is 0 Å². The molecule has 0 aliphatic carbocycles. The minimum absolute atomic E-state index is 0.301. The van der Waals surface area contributed by atoms with Crippen LogP contribution in [0.5, 0.6) is 5.75 Å². The summed E-state index contributed by atoms with van der Waals surface area (Å²) < 4.78 is 5.65. The van der Waals surface area contributed by atoms with Crippen molar-refractivity contribution in [1.82, 2.24) is 4.98 Å². The predicted molar refractivity (Wildman–Crippen MR) is 108 cm³/mol. The monoisotopic (exact) mass is 365 g/mol. The Morgan fingerprint density at radius 3 is 2.33 bits per heavy atom. The van der Waals surface area contributed by atoms with E-state index in [0.29, 0.717) is 30.3 Å². The minimum atomic E-state index is -0.499. The fraction of sp³-hybridized carbons (Fsp3) is 0.286. The first-order chi connectivity index (χ1) is 13.3. The number of aromatic nitrogens is 1. The molecule has 6 heteroatoms. The molecule has 2 aromatic carbocycles. The number of nitrogens with one attached hydrogen (secondary N) is 2. The molecule has 0 amide bonds. The third-order valence-corrected chi connectivity index (χ3v) is 4.21. The Morgan fingerprint density at radius 1 is 0.815 bits per heavy atom. The van der Waals surface area contributed by atoms with Gasteiger partial charge < -0.3 is 15.4 Å². The molecule has 6 nitrogen and oxygen atoms in total. The van der Waals surface area contributed by atoms with Gasteiger partial charge in [0.15, 0.2) is 0 Å². The quantitative estimate of drug-likeness (QED) is 0.400. The van der Waals surface area contributed by atoms with Crippen molar-refractivity contribution in [3.05, 3.63) is 75.2 Å². The molecule has 0 saturated heterocycles. The maximum atomic E-state index is 11.8. The summed E-state index contributed by atoms with van der Waals surface area (Å²) in [6.45, 7) is 1.36. The van der Waals surface area contributed by atoms with Crippen molar-refractivity contribution in [3.8, 4) is 5.75 Å². The second kappa shape index (κ2) is 9.52. The van der Waals surface area contributed by atoms with Crippen molar-refractivity contribution < 1.29 is 4.74 Å². The molecule has 2 N–H and O–H groups in total. The molecule has 0 radical (unpaired) electrons. The topological polar surface area (TPSA) is 80.3 Å². The summed E-state index contributed by atoms with van der Waals surface area (Å²) in [6, 6.07) is 15.1. The van der Waals surface area contributed by atoms with Gasteiger partial charge in [-0.1, -0.05) is 37.1 Å². The third kappa shape index (κ3) is 5.17. The van der Waals surface area contributed by atoms with Gasteiger partial charge in [0, 0.05) is 12.7 Å². The Labute approximate surface area is 157 Å². The molecule has 1 heterocycles. The first kappa shape index (κ1) is 18.6. The molecule has 27 heavy (non-hydrogen) atoms. The molecule has 0 bridgehead atoms. The van der Waals surface area contributed by atoms with E-state index >= 15 is 0 Å². The molecule has 0 spiro atoms. The fourth-order valence-electron chi connectivity index (χ4n) is 2.75. The Bertz CT molecular complexity index is 904. The molecule has 0 aliphatic heterocycles. The minimum Gasteiger partial charge on any atom is -0.494 e. The Kier molecular flexibility index (Phi) is 6.57. The van der Waals surface area contributed by atoms with E-state index in [2.05, 4.69) is 15.6 Å². The number of pyridine rings is 1. The zero-order chi connectivity index (χ0) is 18.9. The molecule has 1 aromatic heterocycles. The predicted octanol–water partition coefficient (Wildman–Crippen LogP) is 3.47. The Balaban J connectivity index is 1.33. The average molecular weight is 365 g/mol. The molecule has 0 fully saturated rings. The summed E-state index contributed by atoms with van der Waals surface area (Å²) in [5.41, 5.74) is -0.307. The molecule has 0 atom stereocenters. The number of benzene rings is 1. The van der Waals surface area contributed by atoms with Gasteiger partial charge in [-0.15, -0.1) is 0 Å². The average Bonchev–Trinajstić information content (AvgIpc) is 2.72. The van der Waals surface area contributed by atoms with Crippen LogP contribution in [0.3, 0.4) is 0 Å². The van der Waals surface area contributed by atoms with Crippen molar-refractivity contribution in [2.24, 2.45) is 0 Å². The number of nitrogens with zero attached hydrogens (tertiary/aromatic N) is 1. The third-order valence-electron chi connectivity index (χ3n) is 4.21. The lowest BCUT2D eigenvalue weighted by molar-refractivity contribution is 0.305. The largest absolute Gasteiger partial charge is 0.494 e. The molecule has 0 unspecified atom stereocenters. The van der Waals surface area contributed by atoms with Gasteiger partial charge in [-0.2, -0.15) is 0 Å². The van der Waals surface area contributed by atoms with E-state index < -0.39 is 10.9 Å². The lowest BCUT2D eigenvalue weighted by Gasteiger charge is -2.14. The molecular weight excluding hydrogens is 342 g/mol. The van der Waals surface area contributed by atoms with E-state index in [1.54, 1.807) is 18.3 Å². The highest BCUT2D eigenvalue weighted by atomic mass is 16.5. The Hall–Kier alpha value is -3.15. The lowest BCUT2D eigenvalue weighted by Crippen LogP contribution is -2.36. The van der Waals surface area contributed by atoms with E-state index in [1.165, 1.54) is 0 Å². The van der Waals surface area contributed by atoms with Gasteiger partial charge in [0.2, 0.25) is 0 Å². The van der Waals surface area contributed by atoms with Gasteiger partial charge in [-0.05, 0) is 37.1 Å². The van der Waals surface area contributed by atoms with E-state index in [-0.39, 0.29) is 0 Å². The number of rotatable bonds is 11. The van der Waals surface area contributed by atoms with Crippen LogP contribution >= 0.6 is 0 Å². The maximum Gasteiger partial charge on any atom is 0.253 e. The SMILES string of the molecule is O=c1c(NCCCCCCOc2ccccc2)c(Nc2ccccn2)c1=O. The molecule has 3 aromatic rings. The molecule has 3 rings (SSSR count). The van der Waals surface area contributed by atoms with Crippen molar-refractivity contribution in [1.29, 1.82) is 0 Å². The first-order valence-corrected chi connectivity index (χ1v) is 9.19. The highest BCUT2D eigenvalue weighted by molar-refractivity contribution is 5.77. The Morgan fingerprint density at radius 2 is 1.56 bits per heavy atom. The van der Waals surface area contributed by atoms with Gasteiger partial charge in [-0.3, -0.25) is 9.59 Å². The number of ether oxygens (including phenoxy) is 1. The number of anilines is 3. The summed E-state index contributed by atoms with van der Waals surface area (Å²) >= 11 is 0. The zero-order valence-corrected chi connectivity index (χ0v) is 15.1. The fourth-order valence-corrected chi connectivity index (χ4v) is 2.75. The number of hydrogen-bond donors (Lipinski definition) is 2. The molecule has 0 aliphatic rings. The number of para-hydroxylation sites is 1. The van der Waals surface area contributed by atoms with Crippen LogP contribution in [0.4, 0.5) is 17.2 Å². The van der Waals surface area contributed by atoms with E-state index in [9.17, 15) is 9.59 Å². The second-order valence-corrected chi connectivity index (χ2v) is 6.25. The molecule has 140 valence electrons. The maximum absolute atomic E-state index is 11.8. The first-order valence-electron chi connectivity index (χ1n) is 9.19. The van der Waals surface area contributed by atoms with Crippen molar-refractivity contribution in [2.45, 2.75) is 25.7 Å². The van der Waals surface area contributed by atoms with Crippen LogP contribution in [0.15, 0.2) is 64.3 Å². The van der Waals surface area contributed by atoms with Gasteiger partial charge in [0.25, 0.3) is 10.9 Å². The van der Waals surface area contributed by atoms with Crippen LogP contribution in [-0.4, -0.2) is 18.1 Å². The number of hydrogen-bond acceptors (Lipinski definition) is 6. The van der Waals surface area contributed by atoms with Gasteiger partial charge in [-0.25, -0.2) is 4.98 Å². The van der Waals surface area contributed by atoms with Crippen LogP contribution in [-0.2, 0) is 0 Å². The standard InChI is InChI=1S/C21H23N3O3/c25-20-18(19(21(20)26)24-17-12-6-8-13-22-17)23-14-7-1-2-9-15-27-16-10-4-3-5-11-16/h3-6,8,10-13,23H,1-2,7,9,14-15H2,(H,22,24). The number of unbranched alkanes of at least 4 members (excludes halogenated alkanes) is 3. The molecule has 0 saturated carbocycles. The highest BCUT2D eigenvalue weighted by Gasteiger charge is 2.20. The van der Waals surface area contributed by atoms with Crippen molar-refractivity contribution in [2.75, 3.05) is 23.8 Å². The van der Waals surface area contributed by atoms with Crippen LogP contribution in [0.25, 0.3) is 0 Å². The van der Waals surface area contributed by atoms with Gasteiger partial charge >= 0.3 is 0 Å². The lowest BCUT2D eigenvalue weighted by atomic mass is 10.1.